The van der Waals surface area contributed by atoms with Crippen LogP contribution in [0.2, 0.25) is 5.21 Å². The quantitative estimate of drug-likeness (QED) is 0.552. The van der Waals surface area contributed by atoms with Gasteiger partial charge in [0.2, 0.25) is 0 Å². The highest BCUT2D eigenvalue weighted by Crippen LogP contribution is 2.48. The summed E-state index contributed by atoms with van der Waals surface area (Å²) in [5, 5.41) is -0.442. The monoisotopic (exact) mass is 186 g/mol. The van der Waals surface area contributed by atoms with Crippen molar-refractivity contribution in [2.24, 2.45) is 17.8 Å². The van der Waals surface area contributed by atoms with Crippen LogP contribution in [0, 0.1) is 17.8 Å². The summed E-state index contributed by atoms with van der Waals surface area (Å²) in [5.74, 6) is 2.50. The van der Waals surface area contributed by atoms with Gasteiger partial charge >= 0.3 is 0 Å². The Hall–Kier alpha value is 0.130. The third-order valence-corrected chi connectivity index (χ3v) is 4.42. The zero-order chi connectivity index (χ0) is 10.2. The molecule has 2 rings (SSSR count). The first-order valence-electron chi connectivity index (χ1n) is 6.15. The Morgan fingerprint density at radius 2 is 1.57 bits per heavy atom. The van der Waals surface area contributed by atoms with Crippen LogP contribution in [0.25, 0.3) is 0 Å². The van der Waals surface area contributed by atoms with E-state index in [1.165, 1.54) is 44.9 Å². The lowest BCUT2D eigenvalue weighted by Gasteiger charge is -2.44. The van der Waals surface area contributed by atoms with Gasteiger partial charge in [0.1, 0.15) is 0 Å². The summed E-state index contributed by atoms with van der Waals surface area (Å²) < 4.78 is 0. The van der Waals surface area contributed by atoms with Crippen molar-refractivity contribution in [2.45, 2.75) is 57.1 Å². The van der Waals surface area contributed by atoms with Crippen molar-refractivity contribution in [1.29, 1.82) is 0 Å². The Morgan fingerprint density at radius 3 is 2.21 bits per heavy atom. The lowest BCUT2D eigenvalue weighted by molar-refractivity contribution is 0.123. The summed E-state index contributed by atoms with van der Waals surface area (Å²) >= 11 is 0. The van der Waals surface area contributed by atoms with Crippen LogP contribution < -0.4 is 0 Å². The molecule has 4 radical (unpaired) electrons. The molecule has 2 fully saturated rings. The van der Waals surface area contributed by atoms with E-state index in [1.807, 2.05) is 6.92 Å². The molecule has 2 heteroatoms. The molecule has 0 saturated heterocycles. The van der Waals surface area contributed by atoms with Crippen LogP contribution in [0.4, 0.5) is 0 Å². The van der Waals surface area contributed by atoms with Crippen LogP contribution in [0.15, 0.2) is 0 Å². The number of hydrogen-bond donors (Lipinski definition) is 0. The molecule has 2 saturated carbocycles. The minimum atomic E-state index is -0.442. The second kappa shape index (κ2) is 3.94. The minimum absolute atomic E-state index is 0.442. The summed E-state index contributed by atoms with van der Waals surface area (Å²) in [6, 6.07) is 0. The van der Waals surface area contributed by atoms with E-state index >= 15 is 0 Å². The topological polar surface area (TPSA) is 0 Å². The lowest BCUT2D eigenvalue weighted by Crippen LogP contribution is -2.33. The summed E-state index contributed by atoms with van der Waals surface area (Å²) in [6.07, 6.45) is 9.69. The number of hydrogen-bond acceptors (Lipinski definition) is 0. The average molecular weight is 186 g/mol. The first kappa shape index (κ1) is 10.6. The molecule has 2 aliphatic carbocycles. The third kappa shape index (κ3) is 2.20. The molecule has 0 bridgehead atoms. The van der Waals surface area contributed by atoms with Crippen molar-refractivity contribution in [3.05, 3.63) is 0 Å². The molecule has 3 unspecified atom stereocenters. The van der Waals surface area contributed by atoms with Gasteiger partial charge in [-0.1, -0.05) is 50.2 Å². The van der Waals surface area contributed by atoms with E-state index in [4.69, 9.17) is 15.7 Å². The highest BCUT2D eigenvalue weighted by atomic mass is 14.4. The average Bonchev–Trinajstić information content (AvgIpc) is 2.16. The molecular weight excluding hydrogens is 166 g/mol. The zero-order valence-electron chi connectivity index (χ0n) is 9.34. The maximum absolute atomic E-state index is 6.01. The van der Waals surface area contributed by atoms with E-state index in [1.54, 1.807) is 0 Å². The summed E-state index contributed by atoms with van der Waals surface area (Å²) in [7, 11) is 12.0. The molecule has 14 heavy (non-hydrogen) atoms. The standard InChI is InChI=1S/C12H20B2/c1-12(13,14)11-7-6-9-4-2-3-5-10(9)8-11/h9-11H,2-8H2,1H3. The maximum Gasteiger partial charge on any atom is 0.0620 e. The minimum Gasteiger partial charge on any atom is -0.0990 e. The second-order valence-corrected chi connectivity index (χ2v) is 5.68. The first-order chi connectivity index (χ1) is 6.57. The fourth-order valence-corrected chi connectivity index (χ4v) is 3.44. The van der Waals surface area contributed by atoms with Gasteiger partial charge in [0, 0.05) is 0 Å². The predicted octanol–water partition coefficient (Wildman–Crippen LogP) is 3.07. The fourth-order valence-electron chi connectivity index (χ4n) is 3.44. The van der Waals surface area contributed by atoms with Gasteiger partial charge in [0.05, 0.1) is 15.7 Å². The predicted molar refractivity (Wildman–Crippen MR) is 62.7 cm³/mol. The normalized spacial score (nSPS) is 39.1. The fraction of sp³-hybridized carbons (Fsp3) is 1.00. The van der Waals surface area contributed by atoms with Crippen molar-refractivity contribution >= 4 is 15.7 Å². The Kier molecular flexibility index (Phi) is 3.00. The Bertz CT molecular complexity index is 195. The van der Waals surface area contributed by atoms with Gasteiger partial charge in [-0.2, -0.15) is 0 Å². The van der Waals surface area contributed by atoms with Crippen LogP contribution in [-0.4, -0.2) is 15.7 Å². The van der Waals surface area contributed by atoms with E-state index in [0.29, 0.717) is 5.92 Å². The molecule has 0 heterocycles. The van der Waals surface area contributed by atoms with E-state index in [-0.39, 0.29) is 0 Å². The maximum atomic E-state index is 6.01. The van der Waals surface area contributed by atoms with Crippen LogP contribution in [-0.2, 0) is 0 Å². The van der Waals surface area contributed by atoms with E-state index in [0.717, 1.165) is 11.8 Å². The third-order valence-electron chi connectivity index (χ3n) is 4.42. The molecule has 0 aromatic rings. The molecule has 0 N–H and O–H groups in total. The first-order valence-corrected chi connectivity index (χ1v) is 6.15. The highest BCUT2D eigenvalue weighted by molar-refractivity contribution is 6.39. The van der Waals surface area contributed by atoms with Gasteiger partial charge in [-0.05, 0) is 24.7 Å². The van der Waals surface area contributed by atoms with E-state index in [2.05, 4.69) is 0 Å². The molecule has 0 aromatic carbocycles. The van der Waals surface area contributed by atoms with Crippen LogP contribution in [0.3, 0.4) is 0 Å². The summed E-state index contributed by atoms with van der Waals surface area (Å²) in [4.78, 5) is 0. The highest BCUT2D eigenvalue weighted by Gasteiger charge is 2.35. The van der Waals surface area contributed by atoms with E-state index < -0.39 is 5.21 Å². The Morgan fingerprint density at radius 1 is 0.929 bits per heavy atom. The molecule has 0 aromatic heterocycles. The molecule has 3 atom stereocenters. The SMILES string of the molecule is [B]C([B])(C)C1CCC2CCCCC2C1. The van der Waals surface area contributed by atoms with Gasteiger partial charge in [-0.15, -0.1) is 0 Å². The Balaban J connectivity index is 1.96. The smallest absolute Gasteiger partial charge is 0.0620 e. The largest absolute Gasteiger partial charge is 0.0990 e. The molecule has 2 aliphatic rings. The van der Waals surface area contributed by atoms with Gasteiger partial charge in [-0.3, -0.25) is 0 Å². The number of rotatable bonds is 1. The second-order valence-electron chi connectivity index (χ2n) is 5.68. The molecular formula is C12H20B2. The zero-order valence-corrected chi connectivity index (χ0v) is 9.34. The van der Waals surface area contributed by atoms with Gasteiger partial charge < -0.3 is 0 Å². The van der Waals surface area contributed by atoms with Crippen molar-refractivity contribution in [3.63, 3.8) is 0 Å². The van der Waals surface area contributed by atoms with Crippen molar-refractivity contribution in [2.75, 3.05) is 0 Å². The molecule has 0 aliphatic heterocycles. The molecule has 0 nitrogen and oxygen atoms in total. The van der Waals surface area contributed by atoms with Crippen molar-refractivity contribution in [1.82, 2.24) is 0 Å². The molecule has 0 spiro atoms. The van der Waals surface area contributed by atoms with Crippen LogP contribution in [0.5, 0.6) is 0 Å². The van der Waals surface area contributed by atoms with Gasteiger partial charge in [-0.25, -0.2) is 0 Å². The molecule has 0 amide bonds. The Labute approximate surface area is 91.0 Å². The lowest BCUT2D eigenvalue weighted by atomic mass is 9.45. The number of fused-ring (bicyclic) bond motifs is 1. The van der Waals surface area contributed by atoms with Crippen LogP contribution >= 0.6 is 0 Å². The van der Waals surface area contributed by atoms with E-state index in [9.17, 15) is 0 Å². The van der Waals surface area contributed by atoms with Crippen LogP contribution in [0.1, 0.15) is 51.9 Å². The van der Waals surface area contributed by atoms with Crippen molar-refractivity contribution in [3.8, 4) is 0 Å². The summed E-state index contributed by atoms with van der Waals surface area (Å²) in [5.41, 5.74) is 0. The van der Waals surface area contributed by atoms with Crippen molar-refractivity contribution < 1.29 is 0 Å². The summed E-state index contributed by atoms with van der Waals surface area (Å²) in [6.45, 7) is 1.99. The van der Waals surface area contributed by atoms with Gasteiger partial charge in [0.15, 0.2) is 0 Å². The van der Waals surface area contributed by atoms with Gasteiger partial charge in [0.25, 0.3) is 0 Å². The molecule has 74 valence electrons.